The Balaban J connectivity index is 1.75. The van der Waals surface area contributed by atoms with Gasteiger partial charge in [0.05, 0.1) is 5.69 Å². The van der Waals surface area contributed by atoms with E-state index in [4.69, 9.17) is 5.73 Å². The molecule has 4 aliphatic rings. The summed E-state index contributed by atoms with van der Waals surface area (Å²) in [5.41, 5.74) is 7.65. The average Bonchev–Trinajstić information content (AvgIpc) is 2.36. The van der Waals surface area contributed by atoms with Gasteiger partial charge in [-0.3, -0.25) is 0 Å². The van der Waals surface area contributed by atoms with Gasteiger partial charge in [-0.2, -0.15) is 4.98 Å². The van der Waals surface area contributed by atoms with Gasteiger partial charge in [0.25, 0.3) is 0 Å². The molecule has 5 rings (SSSR count). The molecular weight excluding hydrogens is 250 g/mol. The van der Waals surface area contributed by atoms with Gasteiger partial charge >= 0.3 is 5.69 Å². The van der Waals surface area contributed by atoms with E-state index in [0.717, 1.165) is 35.6 Å². The zero-order valence-electron chi connectivity index (χ0n) is 11.9. The smallest absolute Gasteiger partial charge is 0.330 e. The number of nitrogens with one attached hydrogen (secondary N) is 1. The second kappa shape index (κ2) is 4.42. The van der Waals surface area contributed by atoms with Crippen molar-refractivity contribution in [2.75, 3.05) is 6.54 Å². The molecule has 4 heteroatoms. The standard InChI is InChI=1S/C16H23N3O/c17-2-1-13-6-14(19-15(20)18-13)16-7-10-3-11(8-16)5-12(4-10)9-16/h6,10-12H,1-5,7-9,17H2,(H,18,19,20). The van der Waals surface area contributed by atoms with E-state index in [1.54, 1.807) is 0 Å². The Bertz CT molecular complexity index is 542. The molecule has 4 fully saturated rings. The summed E-state index contributed by atoms with van der Waals surface area (Å²) in [6.07, 6.45) is 8.72. The largest absolute Gasteiger partial charge is 0.345 e. The van der Waals surface area contributed by atoms with Crippen molar-refractivity contribution in [3.63, 3.8) is 0 Å². The second-order valence-corrected chi connectivity index (χ2v) is 7.33. The summed E-state index contributed by atoms with van der Waals surface area (Å²) < 4.78 is 0. The number of aromatic nitrogens is 2. The van der Waals surface area contributed by atoms with Crippen LogP contribution in [0.3, 0.4) is 0 Å². The Hall–Kier alpha value is -1.16. The summed E-state index contributed by atoms with van der Waals surface area (Å²) >= 11 is 0. The molecule has 1 aromatic heterocycles. The zero-order valence-corrected chi connectivity index (χ0v) is 11.9. The van der Waals surface area contributed by atoms with Gasteiger partial charge < -0.3 is 10.7 Å². The number of rotatable bonds is 3. The van der Waals surface area contributed by atoms with E-state index in [-0.39, 0.29) is 11.1 Å². The van der Waals surface area contributed by atoms with Crippen LogP contribution in [0.5, 0.6) is 0 Å². The van der Waals surface area contributed by atoms with Crippen LogP contribution in [0.2, 0.25) is 0 Å². The quantitative estimate of drug-likeness (QED) is 0.881. The molecule has 1 aromatic rings. The molecule has 0 radical (unpaired) electrons. The number of hydrogen-bond acceptors (Lipinski definition) is 3. The highest BCUT2D eigenvalue weighted by Crippen LogP contribution is 2.60. The van der Waals surface area contributed by atoms with Crippen LogP contribution < -0.4 is 11.4 Å². The minimum atomic E-state index is -0.193. The predicted octanol–water partition coefficient (Wildman–Crippen LogP) is 1.74. The van der Waals surface area contributed by atoms with Crippen LogP contribution in [-0.4, -0.2) is 16.5 Å². The van der Waals surface area contributed by atoms with Gasteiger partial charge in [0.1, 0.15) is 0 Å². The van der Waals surface area contributed by atoms with Crippen LogP contribution in [0.1, 0.15) is 49.9 Å². The minimum absolute atomic E-state index is 0.193. The first-order chi connectivity index (χ1) is 9.67. The topological polar surface area (TPSA) is 71.8 Å². The van der Waals surface area contributed by atoms with Crippen molar-refractivity contribution < 1.29 is 0 Å². The molecule has 4 bridgehead atoms. The Labute approximate surface area is 119 Å². The first-order valence-corrected chi connectivity index (χ1v) is 7.98. The molecule has 0 amide bonds. The maximum Gasteiger partial charge on any atom is 0.345 e. The van der Waals surface area contributed by atoms with Gasteiger partial charge in [-0.05, 0) is 75.3 Å². The predicted molar refractivity (Wildman–Crippen MR) is 77.5 cm³/mol. The maximum atomic E-state index is 11.9. The van der Waals surface area contributed by atoms with Crippen molar-refractivity contribution >= 4 is 0 Å². The highest BCUT2D eigenvalue weighted by Gasteiger charge is 2.52. The lowest BCUT2D eigenvalue weighted by molar-refractivity contribution is -0.00741. The van der Waals surface area contributed by atoms with Crippen LogP contribution in [-0.2, 0) is 11.8 Å². The average molecular weight is 273 g/mol. The van der Waals surface area contributed by atoms with E-state index >= 15 is 0 Å². The van der Waals surface area contributed by atoms with Crippen LogP contribution in [0.4, 0.5) is 0 Å². The molecule has 4 aliphatic carbocycles. The van der Waals surface area contributed by atoms with Crippen LogP contribution in [0.15, 0.2) is 10.9 Å². The monoisotopic (exact) mass is 273 g/mol. The third-order valence-electron chi connectivity index (χ3n) is 5.80. The molecule has 4 nitrogen and oxygen atoms in total. The van der Waals surface area contributed by atoms with Gasteiger partial charge in [-0.15, -0.1) is 0 Å². The van der Waals surface area contributed by atoms with Crippen molar-refractivity contribution in [2.24, 2.45) is 23.5 Å². The fourth-order valence-corrected chi connectivity index (χ4v) is 5.49. The molecule has 4 saturated carbocycles. The zero-order chi connectivity index (χ0) is 13.7. The molecular formula is C16H23N3O. The van der Waals surface area contributed by atoms with Crippen molar-refractivity contribution in [1.82, 2.24) is 9.97 Å². The summed E-state index contributed by atoms with van der Waals surface area (Å²) in [6, 6.07) is 2.13. The van der Waals surface area contributed by atoms with E-state index in [9.17, 15) is 4.79 Å². The molecule has 0 atom stereocenters. The third-order valence-corrected chi connectivity index (χ3v) is 5.80. The van der Waals surface area contributed by atoms with Crippen molar-refractivity contribution in [1.29, 1.82) is 0 Å². The first-order valence-electron chi connectivity index (χ1n) is 7.98. The van der Waals surface area contributed by atoms with Gasteiger partial charge in [0.2, 0.25) is 0 Å². The third kappa shape index (κ3) is 1.93. The number of nitrogens with two attached hydrogens (primary N) is 1. The second-order valence-electron chi connectivity index (χ2n) is 7.33. The Morgan fingerprint density at radius 2 is 1.80 bits per heavy atom. The van der Waals surface area contributed by atoms with E-state index in [1.807, 2.05) is 0 Å². The van der Waals surface area contributed by atoms with E-state index < -0.39 is 0 Å². The van der Waals surface area contributed by atoms with Crippen LogP contribution >= 0.6 is 0 Å². The normalized spacial score (nSPS) is 38.4. The Kier molecular flexibility index (Phi) is 2.78. The minimum Gasteiger partial charge on any atom is -0.330 e. The summed E-state index contributed by atoms with van der Waals surface area (Å²) in [6.45, 7) is 0.570. The van der Waals surface area contributed by atoms with E-state index in [2.05, 4.69) is 16.0 Å². The lowest BCUT2D eigenvalue weighted by Gasteiger charge is -2.56. The SMILES string of the molecule is NCCc1cc(C23CC4CC(CC(C4)C2)C3)nc(=O)[nH]1. The number of H-pyrrole nitrogens is 1. The molecule has 0 unspecified atom stereocenters. The van der Waals surface area contributed by atoms with Crippen LogP contribution in [0, 0.1) is 17.8 Å². The summed E-state index contributed by atoms with van der Waals surface area (Å²) in [5, 5.41) is 0. The number of hydrogen-bond donors (Lipinski definition) is 2. The molecule has 1 heterocycles. The molecule has 20 heavy (non-hydrogen) atoms. The first kappa shape index (κ1) is 12.6. The van der Waals surface area contributed by atoms with Gasteiger partial charge in [0.15, 0.2) is 0 Å². The van der Waals surface area contributed by atoms with E-state index in [1.165, 1.54) is 38.5 Å². The molecule has 3 N–H and O–H groups in total. The summed E-state index contributed by atoms with van der Waals surface area (Å²) in [4.78, 5) is 19.1. The van der Waals surface area contributed by atoms with E-state index in [0.29, 0.717) is 6.54 Å². The maximum absolute atomic E-state index is 11.9. The highest BCUT2D eigenvalue weighted by atomic mass is 16.1. The molecule has 108 valence electrons. The lowest BCUT2D eigenvalue weighted by Crippen LogP contribution is -2.49. The molecule has 0 aromatic carbocycles. The summed E-state index contributed by atoms with van der Waals surface area (Å²) in [5.74, 6) is 2.63. The number of nitrogens with zero attached hydrogens (tertiary/aromatic N) is 1. The molecule has 0 spiro atoms. The summed E-state index contributed by atoms with van der Waals surface area (Å²) in [7, 11) is 0. The Morgan fingerprint density at radius 1 is 1.20 bits per heavy atom. The molecule has 0 saturated heterocycles. The number of aromatic amines is 1. The Morgan fingerprint density at radius 3 is 2.35 bits per heavy atom. The highest BCUT2D eigenvalue weighted by molar-refractivity contribution is 5.24. The molecule has 0 aliphatic heterocycles. The van der Waals surface area contributed by atoms with Crippen molar-refractivity contribution in [2.45, 2.75) is 50.4 Å². The van der Waals surface area contributed by atoms with Crippen molar-refractivity contribution in [3.05, 3.63) is 27.9 Å². The van der Waals surface area contributed by atoms with Crippen LogP contribution in [0.25, 0.3) is 0 Å². The van der Waals surface area contributed by atoms with Gasteiger partial charge in [-0.25, -0.2) is 4.79 Å². The van der Waals surface area contributed by atoms with Crippen molar-refractivity contribution in [3.8, 4) is 0 Å². The fraction of sp³-hybridized carbons (Fsp3) is 0.750. The van der Waals surface area contributed by atoms with Gasteiger partial charge in [-0.1, -0.05) is 0 Å². The fourth-order valence-electron chi connectivity index (χ4n) is 5.49. The lowest BCUT2D eigenvalue weighted by atomic mass is 9.49. The van der Waals surface area contributed by atoms with Gasteiger partial charge in [0, 0.05) is 11.1 Å².